The van der Waals surface area contributed by atoms with Crippen molar-refractivity contribution in [3.05, 3.63) is 28.2 Å². The van der Waals surface area contributed by atoms with Gasteiger partial charge in [0.2, 0.25) is 0 Å². The third kappa shape index (κ3) is 2.71. The highest BCUT2D eigenvalue weighted by molar-refractivity contribution is 9.10. The predicted octanol–water partition coefficient (Wildman–Crippen LogP) is 2.99. The van der Waals surface area contributed by atoms with Gasteiger partial charge in [-0.3, -0.25) is 0 Å². The second-order valence-electron chi connectivity index (χ2n) is 2.62. The zero-order chi connectivity index (χ0) is 9.84. The van der Waals surface area contributed by atoms with E-state index in [2.05, 4.69) is 20.9 Å². The van der Waals surface area contributed by atoms with Crippen LogP contribution in [0.15, 0.2) is 27.7 Å². The minimum atomic E-state index is 0.256. The van der Waals surface area contributed by atoms with Gasteiger partial charge in [-0.25, -0.2) is 4.99 Å². The lowest BCUT2D eigenvalue weighted by Crippen LogP contribution is -2.12. The molecule has 0 aromatic heterocycles. The molecule has 0 heterocycles. The molecule has 0 spiro atoms. The number of benzene rings is 1. The van der Waals surface area contributed by atoms with Crippen LogP contribution in [-0.4, -0.2) is 11.7 Å². The van der Waals surface area contributed by atoms with E-state index in [4.69, 9.17) is 17.3 Å². The molecule has 0 fully saturated rings. The first-order valence-electron chi connectivity index (χ1n) is 3.79. The molecule has 13 heavy (non-hydrogen) atoms. The van der Waals surface area contributed by atoms with E-state index in [9.17, 15) is 0 Å². The van der Waals surface area contributed by atoms with Crippen LogP contribution in [-0.2, 0) is 0 Å². The molecule has 0 amide bonds. The van der Waals surface area contributed by atoms with E-state index in [1.54, 1.807) is 0 Å². The summed E-state index contributed by atoms with van der Waals surface area (Å²) in [5.74, 6) is 0.689. The fourth-order valence-electron chi connectivity index (χ4n) is 0.902. The third-order valence-electron chi connectivity index (χ3n) is 1.64. The maximum absolute atomic E-state index is 5.53. The van der Waals surface area contributed by atoms with Crippen LogP contribution in [0.3, 0.4) is 0 Å². The molecule has 0 radical (unpaired) electrons. The van der Waals surface area contributed by atoms with Crippen molar-refractivity contribution in [2.24, 2.45) is 10.7 Å². The van der Waals surface area contributed by atoms with E-state index in [1.807, 2.05) is 25.1 Å². The van der Waals surface area contributed by atoms with Crippen molar-refractivity contribution in [1.82, 2.24) is 0 Å². The van der Waals surface area contributed by atoms with Crippen LogP contribution in [0.4, 0.5) is 5.69 Å². The second-order valence-corrected chi connectivity index (χ2v) is 3.74. The van der Waals surface area contributed by atoms with Crippen molar-refractivity contribution < 1.29 is 0 Å². The largest absolute Gasteiger partial charge is 0.386 e. The summed E-state index contributed by atoms with van der Waals surface area (Å²) in [7, 11) is 0. The normalized spacial score (nSPS) is 11.8. The van der Waals surface area contributed by atoms with Gasteiger partial charge in [-0.05, 0) is 24.6 Å². The first-order valence-corrected chi connectivity index (χ1v) is 5.12. The Hall–Kier alpha value is -0.540. The molecule has 0 aliphatic rings. The highest BCUT2D eigenvalue weighted by Crippen LogP contribution is 2.25. The minimum absolute atomic E-state index is 0.256. The molecule has 2 N–H and O–H groups in total. The molecule has 1 rings (SSSR count). The third-order valence-corrected chi connectivity index (χ3v) is 2.77. The summed E-state index contributed by atoms with van der Waals surface area (Å²) in [6.07, 6.45) is 0. The number of halogens is 2. The summed E-state index contributed by atoms with van der Waals surface area (Å²) in [6.45, 7) is 1.98. The number of nitrogens with zero attached hydrogens (tertiary/aromatic N) is 1. The number of aliphatic imine (C=N–C) groups is 1. The molecule has 0 unspecified atom stereocenters. The number of amidine groups is 1. The van der Waals surface area contributed by atoms with Gasteiger partial charge in [-0.1, -0.05) is 22.0 Å². The van der Waals surface area contributed by atoms with Gasteiger partial charge in [0.25, 0.3) is 0 Å². The Labute approximate surface area is 90.9 Å². The summed E-state index contributed by atoms with van der Waals surface area (Å²) in [5.41, 5.74) is 7.45. The summed E-state index contributed by atoms with van der Waals surface area (Å²) >= 11 is 8.94. The quantitative estimate of drug-likeness (QED) is 0.496. The highest BCUT2D eigenvalue weighted by Gasteiger charge is 2.00. The summed E-state index contributed by atoms with van der Waals surface area (Å²) in [4.78, 5) is 4.17. The zero-order valence-electron chi connectivity index (χ0n) is 7.22. The Morgan fingerprint density at radius 3 is 2.92 bits per heavy atom. The van der Waals surface area contributed by atoms with Crippen molar-refractivity contribution in [2.75, 3.05) is 5.88 Å². The van der Waals surface area contributed by atoms with E-state index < -0.39 is 0 Å². The molecule has 0 aliphatic heterocycles. The van der Waals surface area contributed by atoms with Crippen molar-refractivity contribution >= 4 is 39.1 Å². The molecular weight excluding hydrogens is 251 g/mol. The Morgan fingerprint density at radius 2 is 2.31 bits per heavy atom. The van der Waals surface area contributed by atoms with Crippen LogP contribution < -0.4 is 5.73 Å². The van der Waals surface area contributed by atoms with Gasteiger partial charge < -0.3 is 5.73 Å². The molecule has 2 nitrogen and oxygen atoms in total. The van der Waals surface area contributed by atoms with Gasteiger partial charge >= 0.3 is 0 Å². The smallest absolute Gasteiger partial charge is 0.115 e. The lowest BCUT2D eigenvalue weighted by Gasteiger charge is -2.02. The van der Waals surface area contributed by atoms with Gasteiger partial charge in [0.1, 0.15) is 5.84 Å². The Morgan fingerprint density at radius 1 is 1.62 bits per heavy atom. The number of hydrogen-bond acceptors (Lipinski definition) is 1. The maximum Gasteiger partial charge on any atom is 0.115 e. The van der Waals surface area contributed by atoms with Gasteiger partial charge in [0, 0.05) is 4.47 Å². The van der Waals surface area contributed by atoms with Gasteiger partial charge in [-0.2, -0.15) is 0 Å². The average Bonchev–Trinajstić information content (AvgIpc) is 2.13. The predicted molar refractivity (Wildman–Crippen MR) is 60.9 cm³/mol. The van der Waals surface area contributed by atoms with E-state index in [1.165, 1.54) is 0 Å². The van der Waals surface area contributed by atoms with E-state index >= 15 is 0 Å². The molecule has 1 aromatic rings. The Balaban J connectivity index is 3.09. The number of hydrogen-bond donors (Lipinski definition) is 1. The summed E-state index contributed by atoms with van der Waals surface area (Å²) in [5, 5.41) is 0. The van der Waals surface area contributed by atoms with Crippen molar-refractivity contribution in [2.45, 2.75) is 6.92 Å². The molecule has 70 valence electrons. The van der Waals surface area contributed by atoms with Crippen LogP contribution in [0, 0.1) is 6.92 Å². The number of nitrogens with two attached hydrogens (primary N) is 1. The molecule has 0 saturated carbocycles. The number of alkyl halides is 1. The standard InChI is InChI=1S/C9H10BrClN2/c1-6-7(10)3-2-4-8(6)13-9(12)5-11/h2-4H,5H2,1H3,(H2,12,13). The fraction of sp³-hybridized carbons (Fsp3) is 0.222. The monoisotopic (exact) mass is 260 g/mol. The van der Waals surface area contributed by atoms with Crippen LogP contribution in [0.2, 0.25) is 0 Å². The van der Waals surface area contributed by atoms with Crippen LogP contribution in [0.25, 0.3) is 0 Å². The van der Waals surface area contributed by atoms with Crippen LogP contribution in [0.5, 0.6) is 0 Å². The van der Waals surface area contributed by atoms with Gasteiger partial charge in [-0.15, -0.1) is 11.6 Å². The fourth-order valence-corrected chi connectivity index (χ4v) is 1.32. The Kier molecular flexibility index (Phi) is 3.75. The Bertz CT molecular complexity index is 336. The molecule has 0 saturated heterocycles. The number of rotatable bonds is 2. The average molecular weight is 262 g/mol. The van der Waals surface area contributed by atoms with E-state index in [0.29, 0.717) is 5.84 Å². The van der Waals surface area contributed by atoms with E-state index in [-0.39, 0.29) is 5.88 Å². The molecule has 0 bridgehead atoms. The molecule has 0 atom stereocenters. The topological polar surface area (TPSA) is 38.4 Å². The molecule has 1 aromatic carbocycles. The van der Waals surface area contributed by atoms with Crippen molar-refractivity contribution in [3.8, 4) is 0 Å². The first-order chi connectivity index (χ1) is 6.15. The first kappa shape index (κ1) is 10.5. The summed E-state index contributed by atoms with van der Waals surface area (Å²) in [6, 6.07) is 5.78. The molecule has 4 heteroatoms. The van der Waals surface area contributed by atoms with Crippen molar-refractivity contribution in [1.29, 1.82) is 0 Å². The van der Waals surface area contributed by atoms with Crippen LogP contribution in [0.1, 0.15) is 5.56 Å². The minimum Gasteiger partial charge on any atom is -0.386 e. The highest BCUT2D eigenvalue weighted by atomic mass is 79.9. The molecule has 0 aliphatic carbocycles. The second kappa shape index (κ2) is 4.63. The zero-order valence-corrected chi connectivity index (χ0v) is 9.56. The lowest BCUT2D eigenvalue weighted by molar-refractivity contribution is 1.35. The summed E-state index contributed by atoms with van der Waals surface area (Å²) < 4.78 is 1.02. The maximum atomic E-state index is 5.53. The SMILES string of the molecule is Cc1c(Br)cccc1N=C(N)CCl. The van der Waals surface area contributed by atoms with E-state index in [0.717, 1.165) is 15.7 Å². The molecular formula is C9H10BrClN2. The van der Waals surface area contributed by atoms with Gasteiger partial charge in [0.05, 0.1) is 11.6 Å². The van der Waals surface area contributed by atoms with Crippen molar-refractivity contribution in [3.63, 3.8) is 0 Å². The lowest BCUT2D eigenvalue weighted by atomic mass is 10.2. The van der Waals surface area contributed by atoms with Crippen LogP contribution >= 0.6 is 27.5 Å². The van der Waals surface area contributed by atoms with Gasteiger partial charge in [0.15, 0.2) is 0 Å².